The number of halogens is 3. The van der Waals surface area contributed by atoms with Crippen molar-refractivity contribution in [3.8, 4) is 6.07 Å². The van der Waals surface area contributed by atoms with Crippen LogP contribution in [0, 0.1) is 11.3 Å². The monoisotopic (exact) mass is 357 g/mol. The average molecular weight is 357 g/mol. The molecule has 9 heteroatoms. The van der Waals surface area contributed by atoms with Crippen LogP contribution in [-0.2, 0) is 15.7 Å². The van der Waals surface area contributed by atoms with E-state index in [4.69, 9.17) is 9.84 Å². The molecule has 25 heavy (non-hydrogen) atoms. The van der Waals surface area contributed by atoms with E-state index in [0.29, 0.717) is 31.9 Å². The number of carboxylic acids is 1. The van der Waals surface area contributed by atoms with Crippen molar-refractivity contribution in [2.75, 3.05) is 44.7 Å². The number of hydrogen-bond acceptors (Lipinski definition) is 5. The molecule has 136 valence electrons. The zero-order valence-corrected chi connectivity index (χ0v) is 13.6. The average Bonchev–Trinajstić information content (AvgIpc) is 2.52. The third kappa shape index (κ3) is 5.08. The van der Waals surface area contributed by atoms with Gasteiger partial charge in [-0.3, -0.25) is 9.69 Å². The van der Waals surface area contributed by atoms with Crippen molar-refractivity contribution < 1.29 is 27.8 Å². The van der Waals surface area contributed by atoms with E-state index in [1.807, 2.05) is 6.07 Å². The number of morpholine rings is 1. The minimum absolute atomic E-state index is 0.0469. The number of rotatable bonds is 5. The highest BCUT2D eigenvalue weighted by atomic mass is 19.4. The summed E-state index contributed by atoms with van der Waals surface area (Å²) < 4.78 is 44.0. The van der Waals surface area contributed by atoms with Crippen LogP contribution < -0.4 is 4.90 Å². The summed E-state index contributed by atoms with van der Waals surface area (Å²) in [7, 11) is 1.65. The predicted molar refractivity (Wildman–Crippen MR) is 83.2 cm³/mol. The molecule has 1 atom stereocenters. The second-order valence-corrected chi connectivity index (χ2v) is 5.87. The zero-order chi connectivity index (χ0) is 18.6. The summed E-state index contributed by atoms with van der Waals surface area (Å²) in [6.07, 6.45) is -4.80. The molecular weight excluding hydrogens is 339 g/mol. The van der Waals surface area contributed by atoms with E-state index in [-0.39, 0.29) is 18.2 Å². The van der Waals surface area contributed by atoms with E-state index in [0.717, 1.165) is 12.1 Å². The molecule has 1 heterocycles. The fraction of sp³-hybridized carbons (Fsp3) is 0.500. The first-order chi connectivity index (χ1) is 11.7. The summed E-state index contributed by atoms with van der Waals surface area (Å²) in [6.45, 7) is 1.38. The van der Waals surface area contributed by atoms with Gasteiger partial charge in [-0.05, 0) is 25.2 Å². The van der Waals surface area contributed by atoms with Crippen molar-refractivity contribution in [2.24, 2.45) is 0 Å². The van der Waals surface area contributed by atoms with Crippen LogP contribution in [0.2, 0.25) is 0 Å². The van der Waals surface area contributed by atoms with Crippen molar-refractivity contribution in [2.45, 2.75) is 12.3 Å². The van der Waals surface area contributed by atoms with E-state index in [1.54, 1.807) is 16.8 Å². The standard InChI is InChI=1S/C16H18F3N3O3/c1-21(10-15(23)24)8-13-9-22(4-5-25-13)14-3-2-12(16(17,18)19)6-11(14)7-20/h2-3,6,13H,4-5,8-10H2,1H3,(H,23,24). The number of carboxylic acid groups (broad SMARTS) is 1. The van der Waals surface area contributed by atoms with Crippen LogP contribution >= 0.6 is 0 Å². The lowest BCUT2D eigenvalue weighted by Crippen LogP contribution is -2.48. The molecule has 1 aliphatic heterocycles. The first-order valence-corrected chi connectivity index (χ1v) is 7.59. The van der Waals surface area contributed by atoms with Gasteiger partial charge in [-0.25, -0.2) is 0 Å². The number of anilines is 1. The second-order valence-electron chi connectivity index (χ2n) is 5.87. The predicted octanol–water partition coefficient (Wildman–Crippen LogP) is 1.80. The molecule has 0 radical (unpaired) electrons. The Labute approximate surface area is 143 Å². The number of likely N-dealkylation sites (N-methyl/N-ethyl adjacent to an activating group) is 1. The van der Waals surface area contributed by atoms with Gasteiger partial charge < -0.3 is 14.7 Å². The lowest BCUT2D eigenvalue weighted by molar-refractivity contribution is -0.139. The first-order valence-electron chi connectivity index (χ1n) is 7.59. The summed E-state index contributed by atoms with van der Waals surface area (Å²) in [5.41, 5.74) is -0.488. The van der Waals surface area contributed by atoms with Crippen molar-refractivity contribution in [1.29, 1.82) is 5.26 Å². The van der Waals surface area contributed by atoms with E-state index < -0.39 is 17.7 Å². The van der Waals surface area contributed by atoms with Crippen LogP contribution in [0.5, 0.6) is 0 Å². The highest BCUT2D eigenvalue weighted by molar-refractivity contribution is 5.69. The van der Waals surface area contributed by atoms with Crippen molar-refractivity contribution in [3.63, 3.8) is 0 Å². The Morgan fingerprint density at radius 1 is 1.52 bits per heavy atom. The van der Waals surface area contributed by atoms with Crippen molar-refractivity contribution >= 4 is 11.7 Å². The minimum Gasteiger partial charge on any atom is -0.480 e. The molecule has 0 bridgehead atoms. The molecule has 1 saturated heterocycles. The maximum atomic E-state index is 12.8. The van der Waals surface area contributed by atoms with E-state index in [2.05, 4.69) is 0 Å². The van der Waals surface area contributed by atoms with Gasteiger partial charge in [0.2, 0.25) is 0 Å². The lowest BCUT2D eigenvalue weighted by Gasteiger charge is -2.36. The number of aliphatic carboxylic acids is 1. The highest BCUT2D eigenvalue weighted by Crippen LogP contribution is 2.33. The summed E-state index contributed by atoms with van der Waals surface area (Å²) in [5.74, 6) is -0.954. The van der Waals surface area contributed by atoms with Crippen LogP contribution in [0.25, 0.3) is 0 Å². The molecule has 1 N–H and O–H groups in total. The topological polar surface area (TPSA) is 76.8 Å². The van der Waals surface area contributed by atoms with Crippen LogP contribution in [0.1, 0.15) is 11.1 Å². The van der Waals surface area contributed by atoms with E-state index >= 15 is 0 Å². The Kier molecular flexibility index (Phi) is 5.87. The third-order valence-corrected chi connectivity index (χ3v) is 3.84. The molecule has 0 spiro atoms. The number of benzene rings is 1. The summed E-state index contributed by atoms with van der Waals surface area (Å²) in [5, 5.41) is 18.0. The van der Waals surface area contributed by atoms with Crippen molar-refractivity contribution in [3.05, 3.63) is 29.3 Å². The third-order valence-electron chi connectivity index (χ3n) is 3.84. The van der Waals surface area contributed by atoms with Crippen LogP contribution in [0.4, 0.5) is 18.9 Å². The number of carbonyl (C=O) groups is 1. The van der Waals surface area contributed by atoms with Gasteiger partial charge in [-0.2, -0.15) is 18.4 Å². The van der Waals surface area contributed by atoms with Gasteiger partial charge in [0.15, 0.2) is 0 Å². The van der Waals surface area contributed by atoms with Gasteiger partial charge in [0, 0.05) is 19.6 Å². The molecule has 0 amide bonds. The second kappa shape index (κ2) is 7.72. The Hall–Kier alpha value is -2.31. The fourth-order valence-electron chi connectivity index (χ4n) is 2.77. The highest BCUT2D eigenvalue weighted by Gasteiger charge is 2.32. The van der Waals surface area contributed by atoms with Gasteiger partial charge >= 0.3 is 12.1 Å². The maximum Gasteiger partial charge on any atom is 0.416 e. The molecule has 1 unspecified atom stereocenters. The van der Waals surface area contributed by atoms with Crippen LogP contribution in [0.3, 0.4) is 0 Å². The quantitative estimate of drug-likeness (QED) is 0.866. The Bertz CT molecular complexity index is 673. The normalized spacial score (nSPS) is 18.2. The number of nitrogens with zero attached hydrogens (tertiary/aromatic N) is 3. The van der Waals surface area contributed by atoms with E-state index in [9.17, 15) is 23.2 Å². The number of nitriles is 1. The van der Waals surface area contributed by atoms with Gasteiger partial charge in [0.1, 0.15) is 6.07 Å². The molecule has 2 rings (SSSR count). The molecule has 0 aliphatic carbocycles. The molecule has 1 aromatic rings. The SMILES string of the molecule is CN(CC(=O)O)CC1CN(c2ccc(C(F)(F)F)cc2C#N)CCO1. The largest absolute Gasteiger partial charge is 0.480 e. The Morgan fingerprint density at radius 3 is 2.84 bits per heavy atom. The number of hydrogen-bond donors (Lipinski definition) is 1. The molecule has 1 aliphatic rings. The summed E-state index contributed by atoms with van der Waals surface area (Å²) in [6, 6.07) is 4.91. The molecule has 0 aromatic heterocycles. The Balaban J connectivity index is 2.13. The molecule has 6 nitrogen and oxygen atoms in total. The molecule has 1 fully saturated rings. The summed E-state index contributed by atoms with van der Waals surface area (Å²) >= 11 is 0. The maximum absolute atomic E-state index is 12.8. The lowest BCUT2D eigenvalue weighted by atomic mass is 10.1. The van der Waals surface area contributed by atoms with Crippen LogP contribution in [0.15, 0.2) is 18.2 Å². The number of ether oxygens (including phenoxy) is 1. The first kappa shape index (κ1) is 19.0. The smallest absolute Gasteiger partial charge is 0.416 e. The van der Waals surface area contributed by atoms with Gasteiger partial charge in [-0.1, -0.05) is 0 Å². The molecule has 1 aromatic carbocycles. The van der Waals surface area contributed by atoms with E-state index in [1.165, 1.54) is 6.07 Å². The molecular formula is C16H18F3N3O3. The van der Waals surface area contributed by atoms with Gasteiger partial charge in [0.05, 0.1) is 36.1 Å². The minimum atomic E-state index is -4.50. The van der Waals surface area contributed by atoms with Crippen molar-refractivity contribution in [1.82, 2.24) is 4.90 Å². The number of alkyl halides is 3. The fourth-order valence-corrected chi connectivity index (χ4v) is 2.77. The zero-order valence-electron chi connectivity index (χ0n) is 13.6. The summed E-state index contributed by atoms with van der Waals surface area (Å²) in [4.78, 5) is 14.1. The van der Waals surface area contributed by atoms with Gasteiger partial charge in [0.25, 0.3) is 0 Å². The Morgan fingerprint density at radius 2 is 2.24 bits per heavy atom. The van der Waals surface area contributed by atoms with Gasteiger partial charge in [-0.15, -0.1) is 0 Å². The van der Waals surface area contributed by atoms with Crippen LogP contribution in [-0.4, -0.2) is 61.9 Å². The molecule has 0 saturated carbocycles.